The van der Waals surface area contributed by atoms with Crippen LogP contribution in [0.25, 0.3) is 0 Å². The van der Waals surface area contributed by atoms with Gasteiger partial charge in [0.05, 0.1) is 18.7 Å². The lowest BCUT2D eigenvalue weighted by atomic mass is 10.2. The maximum Gasteiger partial charge on any atom is 0.248 e. The van der Waals surface area contributed by atoms with Crippen LogP contribution >= 0.6 is 15.9 Å². The molecule has 2 heterocycles. The molecule has 0 aliphatic carbocycles. The first-order valence-electron chi connectivity index (χ1n) is 9.34. The molecule has 10 heteroatoms. The van der Waals surface area contributed by atoms with Gasteiger partial charge in [-0.15, -0.1) is 0 Å². The molecule has 3 rings (SSSR count). The van der Waals surface area contributed by atoms with Gasteiger partial charge in [-0.25, -0.2) is 8.42 Å². The monoisotopic (exact) mass is 487 g/mol. The first kappa shape index (κ1) is 22.1. The summed E-state index contributed by atoms with van der Waals surface area (Å²) in [6.45, 7) is 6.28. The molecule has 1 saturated heterocycles. The summed E-state index contributed by atoms with van der Waals surface area (Å²) in [6, 6.07) is 3.87. The minimum atomic E-state index is -3.62. The van der Waals surface area contributed by atoms with Gasteiger partial charge in [-0.1, -0.05) is 11.2 Å². The quantitative estimate of drug-likeness (QED) is 0.618. The standard InChI is InChI=1S/C19H26BrN3O5S/c1-13-19(14(2)28-21-13)29(24,25)23-9-5-8-22(10-11-23)12-15-6-7-16(26-3)18(27-4)17(15)20/h6-7H,5,8-12H2,1-4H3. The second-order valence-electron chi connectivity index (χ2n) is 6.96. The Hall–Kier alpha value is -1.62. The maximum atomic E-state index is 13.1. The molecule has 8 nitrogen and oxygen atoms in total. The summed E-state index contributed by atoms with van der Waals surface area (Å²) in [4.78, 5) is 2.43. The van der Waals surface area contributed by atoms with Gasteiger partial charge in [-0.05, 0) is 54.4 Å². The fourth-order valence-electron chi connectivity index (χ4n) is 3.61. The van der Waals surface area contributed by atoms with Crippen LogP contribution in [0, 0.1) is 13.8 Å². The Kier molecular flexibility index (Phi) is 6.87. The molecule has 0 bridgehead atoms. The fourth-order valence-corrected chi connectivity index (χ4v) is 5.99. The van der Waals surface area contributed by atoms with Crippen LogP contribution in [0.2, 0.25) is 0 Å². The van der Waals surface area contributed by atoms with E-state index in [1.807, 2.05) is 12.1 Å². The van der Waals surface area contributed by atoms with Crippen molar-refractivity contribution in [2.75, 3.05) is 40.4 Å². The third kappa shape index (κ3) is 4.45. The zero-order chi connectivity index (χ0) is 21.2. The minimum absolute atomic E-state index is 0.189. The zero-order valence-electron chi connectivity index (χ0n) is 17.1. The van der Waals surface area contributed by atoms with E-state index in [0.717, 1.165) is 23.0 Å². The fraction of sp³-hybridized carbons (Fsp3) is 0.526. The van der Waals surface area contributed by atoms with Crippen molar-refractivity contribution in [1.29, 1.82) is 0 Å². The normalized spacial score (nSPS) is 16.6. The molecule has 160 valence electrons. The highest BCUT2D eigenvalue weighted by Gasteiger charge is 2.32. The highest BCUT2D eigenvalue weighted by atomic mass is 79.9. The van der Waals surface area contributed by atoms with Crippen molar-refractivity contribution >= 4 is 26.0 Å². The molecule has 2 aromatic rings. The van der Waals surface area contributed by atoms with Crippen molar-refractivity contribution in [3.63, 3.8) is 0 Å². The maximum absolute atomic E-state index is 13.1. The van der Waals surface area contributed by atoms with Gasteiger partial charge in [0.15, 0.2) is 17.3 Å². The SMILES string of the molecule is COc1ccc(CN2CCCN(S(=O)(=O)c3c(C)noc3C)CC2)c(Br)c1OC. The molecule has 0 amide bonds. The summed E-state index contributed by atoms with van der Waals surface area (Å²) in [5, 5.41) is 3.79. The number of benzene rings is 1. The van der Waals surface area contributed by atoms with E-state index in [1.165, 1.54) is 4.31 Å². The Balaban J connectivity index is 1.74. The van der Waals surface area contributed by atoms with E-state index < -0.39 is 10.0 Å². The van der Waals surface area contributed by atoms with Crippen molar-refractivity contribution in [2.24, 2.45) is 0 Å². The van der Waals surface area contributed by atoms with Crippen LogP contribution < -0.4 is 9.47 Å². The summed E-state index contributed by atoms with van der Waals surface area (Å²) in [5.41, 5.74) is 1.46. The van der Waals surface area contributed by atoms with Gasteiger partial charge < -0.3 is 14.0 Å². The smallest absolute Gasteiger partial charge is 0.248 e. The number of aromatic nitrogens is 1. The molecule has 0 saturated carbocycles. The number of sulfonamides is 1. The number of rotatable bonds is 6. The number of hydrogen-bond acceptors (Lipinski definition) is 7. The summed E-state index contributed by atoms with van der Waals surface area (Å²) in [6.07, 6.45) is 0.744. The van der Waals surface area contributed by atoms with E-state index in [4.69, 9.17) is 14.0 Å². The molecule has 1 aromatic heterocycles. The van der Waals surface area contributed by atoms with Crippen molar-refractivity contribution in [2.45, 2.75) is 31.7 Å². The lowest BCUT2D eigenvalue weighted by Crippen LogP contribution is -2.35. The number of methoxy groups -OCH3 is 2. The van der Waals surface area contributed by atoms with Crippen molar-refractivity contribution < 1.29 is 22.4 Å². The predicted octanol–water partition coefficient (Wildman–Crippen LogP) is 2.97. The molecule has 0 radical (unpaired) electrons. The second kappa shape index (κ2) is 9.03. The third-order valence-electron chi connectivity index (χ3n) is 5.07. The van der Waals surface area contributed by atoms with Crippen LogP contribution in [0.15, 0.2) is 26.0 Å². The van der Waals surface area contributed by atoms with Gasteiger partial charge in [-0.2, -0.15) is 4.31 Å². The average Bonchev–Trinajstić information content (AvgIpc) is 2.89. The molecular formula is C19H26BrN3O5S. The molecule has 0 spiro atoms. The minimum Gasteiger partial charge on any atom is -0.493 e. The summed E-state index contributed by atoms with van der Waals surface area (Å²) >= 11 is 3.61. The van der Waals surface area contributed by atoms with Crippen LogP contribution in [0.1, 0.15) is 23.4 Å². The molecule has 0 atom stereocenters. The first-order valence-corrected chi connectivity index (χ1v) is 11.6. The molecule has 0 N–H and O–H groups in total. The summed E-state index contributed by atoms with van der Waals surface area (Å²) in [7, 11) is -0.412. The van der Waals surface area contributed by atoms with E-state index in [-0.39, 0.29) is 4.90 Å². The van der Waals surface area contributed by atoms with Gasteiger partial charge in [-0.3, -0.25) is 4.90 Å². The lowest BCUT2D eigenvalue weighted by Gasteiger charge is -2.23. The zero-order valence-corrected chi connectivity index (χ0v) is 19.5. The van der Waals surface area contributed by atoms with Gasteiger partial charge in [0.25, 0.3) is 0 Å². The molecule has 1 aliphatic heterocycles. The lowest BCUT2D eigenvalue weighted by molar-refractivity contribution is 0.277. The number of hydrogen-bond donors (Lipinski definition) is 0. The van der Waals surface area contributed by atoms with Gasteiger partial charge in [0.2, 0.25) is 10.0 Å². The molecule has 0 unspecified atom stereocenters. The Labute approximate surface area is 179 Å². The topological polar surface area (TPSA) is 85.1 Å². The van der Waals surface area contributed by atoms with Gasteiger partial charge >= 0.3 is 0 Å². The first-order chi connectivity index (χ1) is 13.8. The third-order valence-corrected chi connectivity index (χ3v) is 8.09. The van der Waals surface area contributed by atoms with Crippen LogP contribution in [0.5, 0.6) is 11.5 Å². The van der Waals surface area contributed by atoms with Gasteiger partial charge in [0.1, 0.15) is 10.6 Å². The van der Waals surface area contributed by atoms with E-state index in [2.05, 4.69) is 26.0 Å². The van der Waals surface area contributed by atoms with E-state index in [9.17, 15) is 8.42 Å². The Morgan fingerprint density at radius 2 is 1.90 bits per heavy atom. The molecule has 1 fully saturated rings. The van der Waals surface area contributed by atoms with Crippen LogP contribution in [-0.4, -0.2) is 63.2 Å². The number of halogens is 1. The summed E-state index contributed by atoms with van der Waals surface area (Å²) in [5.74, 6) is 1.65. The average molecular weight is 488 g/mol. The highest BCUT2D eigenvalue weighted by Crippen LogP contribution is 2.38. The van der Waals surface area contributed by atoms with Crippen molar-refractivity contribution in [1.82, 2.24) is 14.4 Å². The Bertz CT molecular complexity index is 957. The van der Waals surface area contributed by atoms with Crippen LogP contribution in [-0.2, 0) is 16.6 Å². The van der Waals surface area contributed by atoms with E-state index in [1.54, 1.807) is 28.1 Å². The van der Waals surface area contributed by atoms with Crippen LogP contribution in [0.3, 0.4) is 0 Å². The summed E-state index contributed by atoms with van der Waals surface area (Å²) < 4.78 is 44.4. The highest BCUT2D eigenvalue weighted by molar-refractivity contribution is 9.10. The molecule has 29 heavy (non-hydrogen) atoms. The Morgan fingerprint density at radius 1 is 1.14 bits per heavy atom. The molecule has 1 aromatic carbocycles. The second-order valence-corrected chi connectivity index (χ2v) is 9.63. The number of ether oxygens (including phenoxy) is 2. The van der Waals surface area contributed by atoms with Gasteiger partial charge in [0, 0.05) is 26.2 Å². The number of nitrogens with zero attached hydrogens (tertiary/aromatic N) is 3. The molecular weight excluding hydrogens is 462 g/mol. The largest absolute Gasteiger partial charge is 0.493 e. The predicted molar refractivity (Wildman–Crippen MR) is 112 cm³/mol. The van der Waals surface area contributed by atoms with E-state index >= 15 is 0 Å². The number of aryl methyl sites for hydroxylation is 2. The van der Waals surface area contributed by atoms with Crippen molar-refractivity contribution in [3.8, 4) is 11.5 Å². The molecule has 1 aliphatic rings. The van der Waals surface area contributed by atoms with E-state index in [0.29, 0.717) is 49.1 Å². The Morgan fingerprint density at radius 3 is 2.52 bits per heavy atom. The van der Waals surface area contributed by atoms with Crippen LogP contribution in [0.4, 0.5) is 0 Å². The van der Waals surface area contributed by atoms with Crippen molar-refractivity contribution in [3.05, 3.63) is 33.6 Å².